The first-order chi connectivity index (χ1) is 13.9. The Labute approximate surface area is 172 Å². The predicted octanol–water partition coefficient (Wildman–Crippen LogP) is 3.48. The molecular formula is C23H31N3O3. The van der Waals surface area contributed by atoms with Crippen LogP contribution in [-0.4, -0.2) is 45.7 Å². The number of hydrogen-bond donors (Lipinski definition) is 0. The van der Waals surface area contributed by atoms with Gasteiger partial charge >= 0.3 is 0 Å². The summed E-state index contributed by atoms with van der Waals surface area (Å²) in [5, 5.41) is 0. The number of carbonyl (C=O) groups is 1. The molecule has 0 atom stereocenters. The van der Waals surface area contributed by atoms with Crippen LogP contribution >= 0.6 is 0 Å². The third-order valence-corrected chi connectivity index (χ3v) is 5.95. The Morgan fingerprint density at radius 2 is 2.10 bits per heavy atom. The van der Waals surface area contributed by atoms with Crippen molar-refractivity contribution in [2.24, 2.45) is 5.92 Å². The average molecular weight is 398 g/mol. The molecule has 0 unspecified atom stereocenters. The highest BCUT2D eigenvalue weighted by Crippen LogP contribution is 2.41. The summed E-state index contributed by atoms with van der Waals surface area (Å²) in [5.41, 5.74) is 0.923. The smallest absolute Gasteiger partial charge is 0.260 e. The number of benzene rings is 1. The number of piperidine rings is 1. The van der Waals surface area contributed by atoms with Crippen molar-refractivity contribution in [3.05, 3.63) is 42.0 Å². The van der Waals surface area contributed by atoms with E-state index in [0.29, 0.717) is 11.7 Å². The number of aryl methyl sites for hydroxylation is 1. The van der Waals surface area contributed by atoms with Gasteiger partial charge in [-0.2, -0.15) is 0 Å². The maximum Gasteiger partial charge on any atom is 0.260 e. The summed E-state index contributed by atoms with van der Waals surface area (Å²) in [6.45, 7) is 8.91. The van der Waals surface area contributed by atoms with Gasteiger partial charge in [-0.05, 0) is 38.7 Å². The minimum Gasteiger partial charge on any atom is -0.483 e. The van der Waals surface area contributed by atoms with Gasteiger partial charge < -0.3 is 18.9 Å². The van der Waals surface area contributed by atoms with Crippen LogP contribution in [0.5, 0.6) is 11.5 Å². The van der Waals surface area contributed by atoms with Gasteiger partial charge in [-0.1, -0.05) is 19.1 Å². The van der Waals surface area contributed by atoms with Crippen molar-refractivity contribution in [1.82, 2.24) is 14.5 Å². The number of rotatable bonds is 6. The molecule has 0 saturated carbocycles. The van der Waals surface area contributed by atoms with Crippen LogP contribution in [0, 0.1) is 5.92 Å². The molecule has 4 rings (SSSR count). The first-order valence-corrected chi connectivity index (χ1v) is 10.7. The molecule has 156 valence electrons. The van der Waals surface area contributed by atoms with E-state index in [4.69, 9.17) is 9.47 Å². The second-order valence-electron chi connectivity index (χ2n) is 8.75. The molecule has 3 heterocycles. The molecule has 0 bridgehead atoms. The van der Waals surface area contributed by atoms with Gasteiger partial charge in [-0.15, -0.1) is 0 Å². The van der Waals surface area contributed by atoms with Crippen molar-refractivity contribution in [1.29, 1.82) is 0 Å². The normalized spacial score (nSPS) is 18.4. The number of hydrogen-bond acceptors (Lipinski definition) is 4. The van der Waals surface area contributed by atoms with Crippen LogP contribution in [-0.2, 0) is 24.2 Å². The Kier molecular flexibility index (Phi) is 5.52. The fourth-order valence-electron chi connectivity index (χ4n) is 4.40. The molecule has 1 saturated heterocycles. The zero-order chi connectivity index (χ0) is 20.4. The summed E-state index contributed by atoms with van der Waals surface area (Å²) in [6.07, 6.45) is 7.78. The Hall–Kier alpha value is -2.50. The van der Waals surface area contributed by atoms with Crippen LogP contribution in [0.2, 0.25) is 0 Å². The van der Waals surface area contributed by atoms with Crippen LogP contribution in [0.25, 0.3) is 0 Å². The number of carbonyl (C=O) groups excluding carboxylic acids is 1. The lowest BCUT2D eigenvalue weighted by molar-refractivity contribution is -0.134. The minimum atomic E-state index is -0.222. The van der Waals surface area contributed by atoms with E-state index < -0.39 is 0 Å². The standard InChI is InChI=1S/C23H31N3O3/c1-4-20-24-10-13-26(20)15-17-8-11-25(12-9-17)21(27)16-28-19-7-5-6-18-14-23(2,3)29-22(18)19/h5-7,10,13,17H,4,8-9,11-12,14-16H2,1-3H3. The van der Waals surface area contributed by atoms with Gasteiger partial charge in [0.25, 0.3) is 5.91 Å². The number of imidazole rings is 1. The van der Waals surface area contributed by atoms with Crippen molar-refractivity contribution in [3.8, 4) is 11.5 Å². The minimum absolute atomic E-state index is 0.0511. The molecule has 1 amide bonds. The van der Waals surface area contributed by atoms with E-state index in [1.807, 2.05) is 23.2 Å². The van der Waals surface area contributed by atoms with E-state index in [0.717, 1.165) is 62.5 Å². The number of nitrogens with zero attached hydrogens (tertiary/aromatic N) is 3. The zero-order valence-corrected chi connectivity index (χ0v) is 17.7. The fourth-order valence-corrected chi connectivity index (χ4v) is 4.40. The zero-order valence-electron chi connectivity index (χ0n) is 17.7. The molecule has 0 radical (unpaired) electrons. The highest BCUT2D eigenvalue weighted by Gasteiger charge is 2.32. The quantitative estimate of drug-likeness (QED) is 0.749. The van der Waals surface area contributed by atoms with Crippen LogP contribution in [0.1, 0.15) is 45.0 Å². The van der Waals surface area contributed by atoms with E-state index in [1.165, 1.54) is 0 Å². The monoisotopic (exact) mass is 397 g/mol. The van der Waals surface area contributed by atoms with E-state index in [2.05, 4.69) is 42.6 Å². The molecule has 1 aromatic carbocycles. The molecule has 2 aliphatic heterocycles. The highest BCUT2D eigenvalue weighted by molar-refractivity contribution is 5.78. The highest BCUT2D eigenvalue weighted by atomic mass is 16.5. The lowest BCUT2D eigenvalue weighted by Crippen LogP contribution is -2.41. The van der Waals surface area contributed by atoms with Gasteiger partial charge in [-0.25, -0.2) is 4.98 Å². The molecule has 2 aromatic rings. The van der Waals surface area contributed by atoms with E-state index in [-0.39, 0.29) is 18.1 Å². The molecule has 0 N–H and O–H groups in total. The Balaban J connectivity index is 1.28. The Morgan fingerprint density at radius 3 is 2.86 bits per heavy atom. The molecule has 6 nitrogen and oxygen atoms in total. The largest absolute Gasteiger partial charge is 0.483 e. The first-order valence-electron chi connectivity index (χ1n) is 10.7. The van der Waals surface area contributed by atoms with E-state index in [1.54, 1.807) is 0 Å². The molecule has 0 aliphatic carbocycles. The van der Waals surface area contributed by atoms with E-state index in [9.17, 15) is 4.79 Å². The van der Waals surface area contributed by atoms with Crippen LogP contribution < -0.4 is 9.47 Å². The SMILES string of the molecule is CCc1nccn1CC1CCN(C(=O)COc2cccc3c2OC(C)(C)C3)CC1. The lowest BCUT2D eigenvalue weighted by atomic mass is 9.96. The number of para-hydroxylation sites is 1. The van der Waals surface area contributed by atoms with Crippen LogP contribution in [0.15, 0.2) is 30.6 Å². The summed E-state index contributed by atoms with van der Waals surface area (Å²) in [5.74, 6) is 3.24. The molecule has 2 aliphatic rings. The second-order valence-corrected chi connectivity index (χ2v) is 8.75. The van der Waals surface area contributed by atoms with Crippen molar-refractivity contribution >= 4 is 5.91 Å². The lowest BCUT2D eigenvalue weighted by Gasteiger charge is -2.32. The van der Waals surface area contributed by atoms with Gasteiger partial charge in [0.2, 0.25) is 0 Å². The second kappa shape index (κ2) is 8.09. The summed E-state index contributed by atoms with van der Waals surface area (Å²) in [4.78, 5) is 19.0. The predicted molar refractivity (Wildman–Crippen MR) is 111 cm³/mol. The maximum atomic E-state index is 12.7. The third-order valence-electron chi connectivity index (χ3n) is 5.95. The van der Waals surface area contributed by atoms with Crippen LogP contribution in [0.3, 0.4) is 0 Å². The topological polar surface area (TPSA) is 56.6 Å². The van der Waals surface area contributed by atoms with Gasteiger partial charge in [-0.3, -0.25) is 4.79 Å². The number of amides is 1. The summed E-state index contributed by atoms with van der Waals surface area (Å²) < 4.78 is 14.2. The number of likely N-dealkylation sites (tertiary alicyclic amines) is 1. The molecular weight excluding hydrogens is 366 g/mol. The van der Waals surface area contributed by atoms with Gasteiger partial charge in [0, 0.05) is 50.4 Å². The number of fused-ring (bicyclic) bond motifs is 1. The van der Waals surface area contributed by atoms with Crippen LogP contribution in [0.4, 0.5) is 0 Å². The summed E-state index contributed by atoms with van der Waals surface area (Å²) in [7, 11) is 0. The first kappa shape index (κ1) is 19.8. The molecule has 1 fully saturated rings. The van der Waals surface area contributed by atoms with Gasteiger partial charge in [0.05, 0.1) is 0 Å². The van der Waals surface area contributed by atoms with Crippen molar-refractivity contribution < 1.29 is 14.3 Å². The molecule has 1 aromatic heterocycles. The molecule has 29 heavy (non-hydrogen) atoms. The van der Waals surface area contributed by atoms with Gasteiger partial charge in [0.1, 0.15) is 11.4 Å². The van der Waals surface area contributed by atoms with Gasteiger partial charge in [0.15, 0.2) is 18.1 Å². The summed E-state index contributed by atoms with van der Waals surface area (Å²) in [6, 6.07) is 5.92. The van der Waals surface area contributed by atoms with Crippen molar-refractivity contribution in [2.45, 2.75) is 58.6 Å². The molecule has 0 spiro atoms. The Bertz CT molecular complexity index is 866. The Morgan fingerprint density at radius 1 is 1.31 bits per heavy atom. The number of ether oxygens (including phenoxy) is 2. The van der Waals surface area contributed by atoms with Crippen molar-refractivity contribution in [2.75, 3.05) is 19.7 Å². The van der Waals surface area contributed by atoms with E-state index >= 15 is 0 Å². The molecule has 6 heteroatoms. The average Bonchev–Trinajstić information content (AvgIpc) is 3.28. The fraction of sp³-hybridized carbons (Fsp3) is 0.565. The summed E-state index contributed by atoms with van der Waals surface area (Å²) >= 11 is 0. The third kappa shape index (κ3) is 4.41. The number of aromatic nitrogens is 2. The maximum absolute atomic E-state index is 12.7. The van der Waals surface area contributed by atoms with Crippen molar-refractivity contribution in [3.63, 3.8) is 0 Å².